The number of aryl methyl sites for hydroxylation is 1. The summed E-state index contributed by atoms with van der Waals surface area (Å²) in [5, 5.41) is 4.17. The Bertz CT molecular complexity index is 1330. The Morgan fingerprint density at radius 2 is 1.70 bits per heavy atom. The molecule has 33 heavy (non-hydrogen) atoms. The van der Waals surface area contributed by atoms with Gasteiger partial charge in [0.2, 0.25) is 5.91 Å². The average molecular weight is 438 g/mol. The summed E-state index contributed by atoms with van der Waals surface area (Å²) in [6.07, 6.45) is 0.245. The van der Waals surface area contributed by atoms with Gasteiger partial charge in [0.25, 0.3) is 5.91 Å². The van der Waals surface area contributed by atoms with Gasteiger partial charge in [0.15, 0.2) is 0 Å². The normalized spacial score (nSPS) is 16.1. The van der Waals surface area contributed by atoms with E-state index < -0.39 is 0 Å². The first kappa shape index (κ1) is 21.0. The van der Waals surface area contributed by atoms with Crippen LogP contribution in [0, 0.1) is 6.92 Å². The molecule has 2 N–H and O–H groups in total. The fourth-order valence-electron chi connectivity index (χ4n) is 4.92. The second kappa shape index (κ2) is 8.58. The standard InChI is InChI=1S/C28H27N3O2/c1-18(20-10-4-3-5-11-20)30-25(32)16-17-31-27(21-12-6-7-13-22(21)28(31)33)26-19(2)29-24-15-9-8-14-23(24)26/h3-15,18,27,29H,16-17H2,1-2H3,(H,30,32)/t18-,27-/m0/s1. The molecular weight excluding hydrogens is 410 g/mol. The van der Waals surface area contributed by atoms with Gasteiger partial charge >= 0.3 is 0 Å². The molecule has 5 rings (SSSR count). The van der Waals surface area contributed by atoms with Crippen molar-refractivity contribution in [3.05, 3.63) is 107 Å². The Kier molecular flexibility index (Phi) is 5.47. The number of carbonyl (C=O) groups excluding carboxylic acids is 2. The van der Waals surface area contributed by atoms with Crippen molar-refractivity contribution < 1.29 is 9.59 Å². The lowest BCUT2D eigenvalue weighted by atomic mass is 9.95. The van der Waals surface area contributed by atoms with Gasteiger partial charge in [0.05, 0.1) is 12.1 Å². The molecule has 1 aromatic heterocycles. The summed E-state index contributed by atoms with van der Waals surface area (Å²) in [5.74, 6) is -0.0892. The number of hydrogen-bond acceptors (Lipinski definition) is 2. The van der Waals surface area contributed by atoms with E-state index >= 15 is 0 Å². The fraction of sp³-hybridized carbons (Fsp3) is 0.214. The number of rotatable bonds is 6. The number of para-hydroxylation sites is 1. The van der Waals surface area contributed by atoms with Gasteiger partial charge in [-0.1, -0.05) is 66.7 Å². The highest BCUT2D eigenvalue weighted by Gasteiger charge is 2.39. The highest BCUT2D eigenvalue weighted by Crippen LogP contribution is 2.42. The van der Waals surface area contributed by atoms with Crippen molar-refractivity contribution in [3.8, 4) is 0 Å². The molecule has 0 saturated heterocycles. The highest BCUT2D eigenvalue weighted by atomic mass is 16.2. The van der Waals surface area contributed by atoms with Gasteiger partial charge in [-0.25, -0.2) is 0 Å². The Morgan fingerprint density at radius 1 is 1.00 bits per heavy atom. The van der Waals surface area contributed by atoms with Crippen LogP contribution in [0.15, 0.2) is 78.9 Å². The lowest BCUT2D eigenvalue weighted by molar-refractivity contribution is -0.122. The predicted octanol–water partition coefficient (Wildman–Crippen LogP) is 5.29. The average Bonchev–Trinajstić information content (AvgIpc) is 3.31. The number of carbonyl (C=O) groups is 2. The van der Waals surface area contributed by atoms with Crippen molar-refractivity contribution in [2.75, 3.05) is 6.54 Å². The third kappa shape index (κ3) is 3.80. The predicted molar refractivity (Wildman–Crippen MR) is 130 cm³/mol. The molecule has 2 heterocycles. The Morgan fingerprint density at radius 3 is 2.52 bits per heavy atom. The number of nitrogens with one attached hydrogen (secondary N) is 2. The Balaban J connectivity index is 1.42. The van der Waals surface area contributed by atoms with Crippen LogP contribution in [0.4, 0.5) is 0 Å². The number of benzene rings is 3. The largest absolute Gasteiger partial charge is 0.358 e. The van der Waals surface area contributed by atoms with Gasteiger partial charge in [-0.15, -0.1) is 0 Å². The Labute approximate surface area is 193 Å². The molecule has 4 aromatic rings. The SMILES string of the molecule is Cc1[nH]c2ccccc2c1[C@@H]1c2ccccc2C(=O)N1CCC(=O)N[C@@H](C)c1ccccc1. The van der Waals surface area contributed by atoms with E-state index in [9.17, 15) is 9.59 Å². The molecule has 1 aliphatic heterocycles. The maximum Gasteiger partial charge on any atom is 0.255 e. The maximum absolute atomic E-state index is 13.4. The monoisotopic (exact) mass is 437 g/mol. The van der Waals surface area contributed by atoms with E-state index in [0.717, 1.165) is 33.3 Å². The number of aromatic nitrogens is 1. The van der Waals surface area contributed by atoms with Crippen LogP contribution in [0.25, 0.3) is 10.9 Å². The Hall–Kier alpha value is -3.86. The van der Waals surface area contributed by atoms with E-state index in [1.807, 2.05) is 85.5 Å². The third-order valence-electron chi connectivity index (χ3n) is 6.53. The van der Waals surface area contributed by atoms with Gasteiger partial charge < -0.3 is 15.2 Å². The van der Waals surface area contributed by atoms with E-state index in [1.54, 1.807) is 0 Å². The number of fused-ring (bicyclic) bond motifs is 2. The van der Waals surface area contributed by atoms with E-state index in [0.29, 0.717) is 12.1 Å². The van der Waals surface area contributed by atoms with Gasteiger partial charge in [-0.3, -0.25) is 9.59 Å². The summed E-state index contributed by atoms with van der Waals surface area (Å²) in [6.45, 7) is 4.37. The fourth-order valence-corrected chi connectivity index (χ4v) is 4.92. The molecular formula is C28H27N3O2. The lowest BCUT2D eigenvalue weighted by Gasteiger charge is -2.26. The summed E-state index contributed by atoms with van der Waals surface area (Å²) in [7, 11) is 0. The minimum absolute atomic E-state index is 0.0239. The number of H-pyrrole nitrogens is 1. The van der Waals surface area contributed by atoms with E-state index in [2.05, 4.69) is 22.4 Å². The summed E-state index contributed by atoms with van der Waals surface area (Å²) in [6, 6.07) is 25.5. The molecule has 0 fully saturated rings. The molecule has 0 saturated carbocycles. The van der Waals surface area contributed by atoms with Crippen LogP contribution in [0.2, 0.25) is 0 Å². The second-order valence-electron chi connectivity index (χ2n) is 8.65. The van der Waals surface area contributed by atoms with Gasteiger partial charge in [-0.05, 0) is 37.1 Å². The first-order chi connectivity index (χ1) is 16.0. The molecule has 0 bridgehead atoms. The molecule has 5 heteroatoms. The molecule has 0 aliphatic carbocycles. The molecule has 5 nitrogen and oxygen atoms in total. The van der Waals surface area contributed by atoms with E-state index in [4.69, 9.17) is 0 Å². The zero-order valence-electron chi connectivity index (χ0n) is 18.8. The molecule has 0 radical (unpaired) electrons. The van der Waals surface area contributed by atoms with Crippen LogP contribution in [0.3, 0.4) is 0 Å². The maximum atomic E-state index is 13.4. The number of nitrogens with zero attached hydrogens (tertiary/aromatic N) is 1. The molecule has 0 spiro atoms. The quantitative estimate of drug-likeness (QED) is 0.431. The third-order valence-corrected chi connectivity index (χ3v) is 6.53. The summed E-state index contributed by atoms with van der Waals surface area (Å²) >= 11 is 0. The minimum atomic E-state index is -0.218. The van der Waals surface area contributed by atoms with Crippen LogP contribution in [-0.2, 0) is 4.79 Å². The molecule has 1 aliphatic rings. The molecule has 166 valence electrons. The number of hydrogen-bond donors (Lipinski definition) is 2. The number of aromatic amines is 1. The zero-order valence-corrected chi connectivity index (χ0v) is 18.8. The molecule has 2 atom stereocenters. The highest BCUT2D eigenvalue weighted by molar-refractivity contribution is 6.01. The van der Waals surface area contributed by atoms with Gasteiger partial charge in [0, 0.05) is 40.7 Å². The van der Waals surface area contributed by atoms with Crippen LogP contribution in [0.5, 0.6) is 0 Å². The van der Waals surface area contributed by atoms with Crippen molar-refractivity contribution in [1.82, 2.24) is 15.2 Å². The van der Waals surface area contributed by atoms with Crippen molar-refractivity contribution in [2.24, 2.45) is 0 Å². The topological polar surface area (TPSA) is 65.2 Å². The van der Waals surface area contributed by atoms with E-state index in [-0.39, 0.29) is 30.3 Å². The first-order valence-corrected chi connectivity index (χ1v) is 11.4. The molecule has 3 aromatic carbocycles. The van der Waals surface area contributed by atoms with Crippen LogP contribution in [-0.4, -0.2) is 28.2 Å². The van der Waals surface area contributed by atoms with Crippen molar-refractivity contribution in [1.29, 1.82) is 0 Å². The zero-order chi connectivity index (χ0) is 22.9. The summed E-state index contributed by atoms with van der Waals surface area (Å²) in [4.78, 5) is 31.5. The summed E-state index contributed by atoms with van der Waals surface area (Å²) in [5.41, 5.74) is 5.96. The van der Waals surface area contributed by atoms with Crippen LogP contribution in [0.1, 0.15) is 58.2 Å². The lowest BCUT2D eigenvalue weighted by Crippen LogP contribution is -2.34. The van der Waals surface area contributed by atoms with Crippen molar-refractivity contribution >= 4 is 22.7 Å². The first-order valence-electron chi connectivity index (χ1n) is 11.4. The van der Waals surface area contributed by atoms with Crippen LogP contribution >= 0.6 is 0 Å². The van der Waals surface area contributed by atoms with E-state index in [1.165, 1.54) is 0 Å². The van der Waals surface area contributed by atoms with Gasteiger partial charge in [0.1, 0.15) is 0 Å². The van der Waals surface area contributed by atoms with Crippen molar-refractivity contribution in [3.63, 3.8) is 0 Å². The minimum Gasteiger partial charge on any atom is -0.358 e. The second-order valence-corrected chi connectivity index (χ2v) is 8.65. The molecule has 0 unspecified atom stereocenters. The van der Waals surface area contributed by atoms with Crippen LogP contribution < -0.4 is 5.32 Å². The smallest absolute Gasteiger partial charge is 0.255 e. The summed E-state index contributed by atoms with van der Waals surface area (Å²) < 4.78 is 0. The van der Waals surface area contributed by atoms with Crippen molar-refractivity contribution in [2.45, 2.75) is 32.4 Å². The van der Waals surface area contributed by atoms with Gasteiger partial charge in [-0.2, -0.15) is 0 Å². The number of amides is 2. The molecule has 2 amide bonds.